The van der Waals surface area contributed by atoms with Crippen molar-refractivity contribution in [3.8, 4) is 0 Å². The number of furan rings is 1. The maximum absolute atomic E-state index is 10.1. The van der Waals surface area contributed by atoms with E-state index in [0.717, 1.165) is 22.6 Å². The molecule has 0 bridgehead atoms. The molecular weight excluding hydrogens is 202 g/mol. The first-order valence-electron chi connectivity index (χ1n) is 5.30. The topological polar surface area (TPSA) is 46.3 Å². The average molecular weight is 217 g/mol. The van der Waals surface area contributed by atoms with Crippen molar-refractivity contribution in [3.63, 3.8) is 0 Å². The summed E-state index contributed by atoms with van der Waals surface area (Å²) in [6.45, 7) is 3.75. The van der Waals surface area contributed by atoms with Gasteiger partial charge in [0.25, 0.3) is 0 Å². The molecule has 84 valence electrons. The van der Waals surface area contributed by atoms with Gasteiger partial charge in [-0.3, -0.25) is 4.98 Å². The van der Waals surface area contributed by atoms with Crippen molar-refractivity contribution in [2.24, 2.45) is 0 Å². The van der Waals surface area contributed by atoms with Crippen LogP contribution in [0.15, 0.2) is 35.0 Å². The molecule has 0 spiro atoms. The second kappa shape index (κ2) is 4.49. The van der Waals surface area contributed by atoms with Crippen LogP contribution in [0, 0.1) is 13.8 Å². The molecule has 1 N–H and O–H groups in total. The number of aliphatic hydroxyl groups is 1. The van der Waals surface area contributed by atoms with Gasteiger partial charge in [-0.05, 0) is 31.5 Å². The molecule has 0 saturated heterocycles. The smallest absolute Gasteiger partial charge is 0.106 e. The molecule has 2 rings (SSSR count). The number of hydrogen-bond donors (Lipinski definition) is 1. The Hall–Kier alpha value is -1.61. The zero-order valence-electron chi connectivity index (χ0n) is 9.47. The molecule has 0 amide bonds. The van der Waals surface area contributed by atoms with E-state index in [1.54, 1.807) is 12.4 Å². The summed E-state index contributed by atoms with van der Waals surface area (Å²) >= 11 is 0. The van der Waals surface area contributed by atoms with Crippen LogP contribution in [0.1, 0.15) is 28.8 Å². The molecule has 2 aromatic rings. The van der Waals surface area contributed by atoms with Gasteiger partial charge < -0.3 is 9.52 Å². The SMILES string of the molecule is Cc1cc(C(O)Cc2cccnc2)c(C)o1. The summed E-state index contributed by atoms with van der Waals surface area (Å²) < 4.78 is 5.40. The molecule has 0 aliphatic rings. The highest BCUT2D eigenvalue weighted by Gasteiger charge is 2.14. The highest BCUT2D eigenvalue weighted by atomic mass is 16.3. The van der Waals surface area contributed by atoms with Gasteiger partial charge in [0, 0.05) is 24.4 Å². The van der Waals surface area contributed by atoms with E-state index in [2.05, 4.69) is 4.98 Å². The Labute approximate surface area is 94.8 Å². The molecule has 0 aromatic carbocycles. The second-order valence-electron chi connectivity index (χ2n) is 3.95. The highest BCUT2D eigenvalue weighted by Crippen LogP contribution is 2.24. The van der Waals surface area contributed by atoms with Gasteiger partial charge in [-0.1, -0.05) is 6.07 Å². The summed E-state index contributed by atoms with van der Waals surface area (Å²) in [5, 5.41) is 10.1. The molecule has 2 aromatic heterocycles. The zero-order chi connectivity index (χ0) is 11.5. The number of pyridine rings is 1. The summed E-state index contributed by atoms with van der Waals surface area (Å²) in [5.41, 5.74) is 1.88. The largest absolute Gasteiger partial charge is 0.466 e. The first-order chi connectivity index (χ1) is 7.66. The maximum atomic E-state index is 10.1. The quantitative estimate of drug-likeness (QED) is 0.859. The molecule has 16 heavy (non-hydrogen) atoms. The Balaban J connectivity index is 2.14. The fourth-order valence-corrected chi connectivity index (χ4v) is 1.83. The Morgan fingerprint density at radius 1 is 1.44 bits per heavy atom. The number of aromatic nitrogens is 1. The van der Waals surface area contributed by atoms with E-state index in [0.29, 0.717) is 6.42 Å². The van der Waals surface area contributed by atoms with Crippen molar-refractivity contribution in [2.45, 2.75) is 26.4 Å². The first kappa shape index (κ1) is 10.9. The second-order valence-corrected chi connectivity index (χ2v) is 3.95. The van der Waals surface area contributed by atoms with E-state index in [1.807, 2.05) is 32.0 Å². The lowest BCUT2D eigenvalue weighted by molar-refractivity contribution is 0.176. The van der Waals surface area contributed by atoms with Crippen LogP contribution in [0.5, 0.6) is 0 Å². The van der Waals surface area contributed by atoms with Crippen LogP contribution in [0.3, 0.4) is 0 Å². The van der Waals surface area contributed by atoms with Gasteiger partial charge in [0.1, 0.15) is 11.5 Å². The molecule has 0 radical (unpaired) electrons. The summed E-state index contributed by atoms with van der Waals surface area (Å²) in [4.78, 5) is 4.02. The number of rotatable bonds is 3. The highest BCUT2D eigenvalue weighted by molar-refractivity contribution is 5.24. The molecule has 0 fully saturated rings. The van der Waals surface area contributed by atoms with Gasteiger partial charge in [-0.2, -0.15) is 0 Å². The summed E-state index contributed by atoms with van der Waals surface area (Å²) in [6.07, 6.45) is 3.53. The Kier molecular flexibility index (Phi) is 3.06. The van der Waals surface area contributed by atoms with E-state index < -0.39 is 6.10 Å². The van der Waals surface area contributed by atoms with Crippen LogP contribution in [0.25, 0.3) is 0 Å². The predicted molar refractivity (Wildman–Crippen MR) is 61.1 cm³/mol. The molecule has 3 heteroatoms. The number of hydrogen-bond acceptors (Lipinski definition) is 3. The predicted octanol–water partition coefficient (Wildman–Crippen LogP) is 2.57. The molecule has 0 aliphatic heterocycles. The fourth-order valence-electron chi connectivity index (χ4n) is 1.83. The summed E-state index contributed by atoms with van der Waals surface area (Å²) in [5.74, 6) is 1.62. The van der Waals surface area contributed by atoms with Gasteiger partial charge in [-0.15, -0.1) is 0 Å². The molecule has 0 aliphatic carbocycles. The average Bonchev–Trinajstić information content (AvgIpc) is 2.59. The number of aryl methyl sites for hydroxylation is 2. The minimum atomic E-state index is -0.526. The molecule has 0 saturated carbocycles. The van der Waals surface area contributed by atoms with Gasteiger partial charge in [0.2, 0.25) is 0 Å². The van der Waals surface area contributed by atoms with Crippen LogP contribution in [0.2, 0.25) is 0 Å². The van der Waals surface area contributed by atoms with Crippen LogP contribution < -0.4 is 0 Å². The molecular formula is C13H15NO2. The van der Waals surface area contributed by atoms with E-state index in [1.165, 1.54) is 0 Å². The van der Waals surface area contributed by atoms with Crippen molar-refractivity contribution < 1.29 is 9.52 Å². The van der Waals surface area contributed by atoms with Crippen LogP contribution in [-0.4, -0.2) is 10.1 Å². The van der Waals surface area contributed by atoms with Crippen LogP contribution >= 0.6 is 0 Å². The minimum absolute atomic E-state index is 0.526. The Morgan fingerprint density at radius 2 is 2.25 bits per heavy atom. The van der Waals surface area contributed by atoms with Crippen LogP contribution in [0.4, 0.5) is 0 Å². The van der Waals surface area contributed by atoms with Gasteiger partial charge in [0.05, 0.1) is 6.10 Å². The zero-order valence-corrected chi connectivity index (χ0v) is 9.47. The van der Waals surface area contributed by atoms with Crippen molar-refractivity contribution in [3.05, 3.63) is 53.2 Å². The van der Waals surface area contributed by atoms with Crippen molar-refractivity contribution >= 4 is 0 Å². The summed E-state index contributed by atoms with van der Waals surface area (Å²) in [6, 6.07) is 5.71. The van der Waals surface area contributed by atoms with Gasteiger partial charge in [0.15, 0.2) is 0 Å². The number of nitrogens with zero attached hydrogens (tertiary/aromatic N) is 1. The lowest BCUT2D eigenvalue weighted by Crippen LogP contribution is -2.02. The van der Waals surface area contributed by atoms with E-state index in [4.69, 9.17) is 4.42 Å². The molecule has 1 unspecified atom stereocenters. The third-order valence-corrected chi connectivity index (χ3v) is 2.59. The lowest BCUT2D eigenvalue weighted by Gasteiger charge is -2.08. The molecule has 1 atom stereocenters. The van der Waals surface area contributed by atoms with Crippen molar-refractivity contribution in [2.75, 3.05) is 0 Å². The molecule has 3 nitrogen and oxygen atoms in total. The minimum Gasteiger partial charge on any atom is -0.466 e. The van der Waals surface area contributed by atoms with E-state index in [-0.39, 0.29) is 0 Å². The standard InChI is InChI=1S/C13H15NO2/c1-9-6-12(10(2)16-9)13(15)7-11-4-3-5-14-8-11/h3-6,8,13,15H,7H2,1-2H3. The normalized spacial score (nSPS) is 12.7. The summed E-state index contributed by atoms with van der Waals surface area (Å²) in [7, 11) is 0. The third kappa shape index (κ3) is 2.31. The van der Waals surface area contributed by atoms with Crippen molar-refractivity contribution in [1.29, 1.82) is 0 Å². The van der Waals surface area contributed by atoms with Gasteiger partial charge in [-0.25, -0.2) is 0 Å². The first-order valence-corrected chi connectivity index (χ1v) is 5.30. The monoisotopic (exact) mass is 217 g/mol. The van der Waals surface area contributed by atoms with E-state index >= 15 is 0 Å². The molecule has 2 heterocycles. The van der Waals surface area contributed by atoms with Gasteiger partial charge >= 0.3 is 0 Å². The number of aliphatic hydroxyl groups excluding tert-OH is 1. The maximum Gasteiger partial charge on any atom is 0.106 e. The Morgan fingerprint density at radius 3 is 2.81 bits per heavy atom. The fraction of sp³-hybridized carbons (Fsp3) is 0.308. The van der Waals surface area contributed by atoms with E-state index in [9.17, 15) is 5.11 Å². The Bertz CT molecular complexity index is 462. The van der Waals surface area contributed by atoms with Crippen LogP contribution in [-0.2, 0) is 6.42 Å². The van der Waals surface area contributed by atoms with Crippen molar-refractivity contribution in [1.82, 2.24) is 4.98 Å². The lowest BCUT2D eigenvalue weighted by atomic mass is 10.0. The third-order valence-electron chi connectivity index (χ3n) is 2.59.